The highest BCUT2D eigenvalue weighted by Crippen LogP contribution is 2.36. The Morgan fingerprint density at radius 2 is 2.08 bits per heavy atom. The molecule has 6 nitrogen and oxygen atoms in total. The lowest BCUT2D eigenvalue weighted by Crippen LogP contribution is -2.39. The van der Waals surface area contributed by atoms with Gasteiger partial charge >= 0.3 is 0 Å². The molecule has 25 heavy (non-hydrogen) atoms. The van der Waals surface area contributed by atoms with Crippen LogP contribution in [0.15, 0.2) is 0 Å². The molecule has 1 saturated heterocycles. The van der Waals surface area contributed by atoms with Crippen molar-refractivity contribution >= 4 is 5.91 Å². The number of carbonyl (C=O) groups excluding carboxylic acids is 1. The highest BCUT2D eigenvalue weighted by atomic mass is 16.5. The summed E-state index contributed by atoms with van der Waals surface area (Å²) in [5.41, 5.74) is 3.70. The van der Waals surface area contributed by atoms with E-state index in [0.717, 1.165) is 32.4 Å². The molecule has 1 aromatic heterocycles. The first-order valence-corrected chi connectivity index (χ1v) is 9.84. The van der Waals surface area contributed by atoms with Gasteiger partial charge in [-0.2, -0.15) is 5.10 Å². The molecule has 1 aromatic rings. The number of rotatable bonds is 5. The van der Waals surface area contributed by atoms with Gasteiger partial charge in [0.05, 0.1) is 18.4 Å². The van der Waals surface area contributed by atoms with E-state index in [1.54, 1.807) is 0 Å². The van der Waals surface area contributed by atoms with Crippen molar-refractivity contribution in [3.8, 4) is 0 Å². The topological polar surface area (TPSA) is 67.5 Å². The van der Waals surface area contributed by atoms with Gasteiger partial charge in [-0.15, -0.1) is 0 Å². The zero-order valence-electron chi connectivity index (χ0n) is 15.0. The van der Waals surface area contributed by atoms with Crippen LogP contribution < -0.4 is 0 Å². The molecular weight excluding hydrogens is 318 g/mol. The van der Waals surface area contributed by atoms with Gasteiger partial charge in [-0.1, -0.05) is 12.8 Å². The lowest BCUT2D eigenvalue weighted by Gasteiger charge is -2.28. The van der Waals surface area contributed by atoms with Crippen LogP contribution in [0.2, 0.25) is 0 Å². The molecule has 2 aliphatic heterocycles. The molecule has 0 aromatic carbocycles. The molecule has 3 heterocycles. The van der Waals surface area contributed by atoms with Crippen molar-refractivity contribution in [3.63, 3.8) is 0 Å². The average Bonchev–Trinajstić information content (AvgIpc) is 3.31. The summed E-state index contributed by atoms with van der Waals surface area (Å²) in [6, 6.07) is 0. The van der Waals surface area contributed by atoms with Crippen molar-refractivity contribution in [1.29, 1.82) is 0 Å². The number of hydrogen-bond acceptors (Lipinski definition) is 4. The quantitative estimate of drug-likeness (QED) is 0.889. The van der Waals surface area contributed by atoms with Crippen LogP contribution >= 0.6 is 0 Å². The van der Waals surface area contributed by atoms with E-state index in [2.05, 4.69) is 10.2 Å². The third-order valence-corrected chi connectivity index (χ3v) is 5.86. The van der Waals surface area contributed by atoms with E-state index in [-0.39, 0.29) is 18.6 Å². The second-order valence-electron chi connectivity index (χ2n) is 7.62. The summed E-state index contributed by atoms with van der Waals surface area (Å²) < 4.78 is 11.3. The van der Waals surface area contributed by atoms with Crippen molar-refractivity contribution < 1.29 is 14.3 Å². The van der Waals surface area contributed by atoms with Crippen LogP contribution in [0.3, 0.4) is 0 Å². The van der Waals surface area contributed by atoms with Crippen LogP contribution in [0.1, 0.15) is 67.8 Å². The zero-order valence-corrected chi connectivity index (χ0v) is 15.0. The van der Waals surface area contributed by atoms with Crippen LogP contribution in [0, 0.1) is 0 Å². The summed E-state index contributed by atoms with van der Waals surface area (Å²) >= 11 is 0. The number of aromatic amines is 1. The fourth-order valence-electron chi connectivity index (χ4n) is 4.37. The first-order valence-electron chi connectivity index (χ1n) is 9.84. The molecule has 0 radical (unpaired) electrons. The van der Waals surface area contributed by atoms with Gasteiger partial charge in [0, 0.05) is 43.3 Å². The minimum Gasteiger partial charge on any atom is -0.376 e. The van der Waals surface area contributed by atoms with Crippen LogP contribution in [0.4, 0.5) is 0 Å². The number of nitrogens with zero attached hydrogens (tertiary/aromatic N) is 2. The molecule has 6 heteroatoms. The standard InChI is InChI=1S/C19H29N3O3/c23-18(13-24-12-15-7-3-4-10-25-15)22-9-8-17-16(11-22)19(21-20-17)14-5-1-2-6-14/h14-15H,1-13H2,(H,20,21)/t15-/m1/s1. The molecule has 3 aliphatic rings. The Hall–Kier alpha value is -1.40. The molecular formula is C19H29N3O3. The van der Waals surface area contributed by atoms with Gasteiger partial charge in [-0.05, 0) is 32.1 Å². The zero-order chi connectivity index (χ0) is 17.1. The number of aromatic nitrogens is 2. The summed E-state index contributed by atoms with van der Waals surface area (Å²) in [6.07, 6.45) is 9.47. The van der Waals surface area contributed by atoms with Gasteiger partial charge in [-0.3, -0.25) is 9.89 Å². The number of fused-ring (bicyclic) bond motifs is 1. The molecule has 0 unspecified atom stereocenters. The molecule has 138 valence electrons. The largest absolute Gasteiger partial charge is 0.376 e. The first-order chi connectivity index (χ1) is 12.3. The Morgan fingerprint density at radius 3 is 2.88 bits per heavy atom. The maximum Gasteiger partial charge on any atom is 0.248 e. The fourth-order valence-corrected chi connectivity index (χ4v) is 4.37. The van der Waals surface area contributed by atoms with E-state index >= 15 is 0 Å². The van der Waals surface area contributed by atoms with Gasteiger partial charge in [0.1, 0.15) is 6.61 Å². The number of carbonyl (C=O) groups is 1. The van der Waals surface area contributed by atoms with Crippen LogP contribution in [-0.2, 0) is 27.2 Å². The summed E-state index contributed by atoms with van der Waals surface area (Å²) in [7, 11) is 0. The maximum absolute atomic E-state index is 12.5. The molecule has 0 bridgehead atoms. The number of hydrogen-bond donors (Lipinski definition) is 1. The van der Waals surface area contributed by atoms with Crippen molar-refractivity contribution in [2.45, 2.75) is 69.9 Å². The van der Waals surface area contributed by atoms with Gasteiger partial charge in [0.15, 0.2) is 0 Å². The lowest BCUT2D eigenvalue weighted by atomic mass is 9.96. The van der Waals surface area contributed by atoms with E-state index in [0.29, 0.717) is 19.1 Å². The number of nitrogens with one attached hydrogen (secondary N) is 1. The minimum absolute atomic E-state index is 0.0834. The fraction of sp³-hybridized carbons (Fsp3) is 0.789. The molecule has 1 saturated carbocycles. The lowest BCUT2D eigenvalue weighted by molar-refractivity contribution is -0.139. The molecule has 0 spiro atoms. The molecule has 4 rings (SSSR count). The van der Waals surface area contributed by atoms with E-state index in [9.17, 15) is 4.79 Å². The second kappa shape index (κ2) is 7.87. The van der Waals surface area contributed by atoms with Gasteiger partial charge in [0.25, 0.3) is 0 Å². The minimum atomic E-state index is 0.0834. The van der Waals surface area contributed by atoms with Gasteiger partial charge in [-0.25, -0.2) is 0 Å². The summed E-state index contributed by atoms with van der Waals surface area (Å²) in [5, 5.41) is 7.80. The van der Waals surface area contributed by atoms with Crippen molar-refractivity contribution in [2.24, 2.45) is 0 Å². The van der Waals surface area contributed by atoms with Crippen molar-refractivity contribution in [3.05, 3.63) is 17.0 Å². The summed E-state index contributed by atoms with van der Waals surface area (Å²) in [6.45, 7) is 2.94. The highest BCUT2D eigenvalue weighted by molar-refractivity contribution is 5.77. The SMILES string of the molecule is O=C(COC[C@H]1CCCCO1)N1CCc2[nH]nc(C3CCCC3)c2C1. The summed E-state index contributed by atoms with van der Waals surface area (Å²) in [5.74, 6) is 0.662. The predicted molar refractivity (Wildman–Crippen MR) is 93.3 cm³/mol. The maximum atomic E-state index is 12.5. The van der Waals surface area contributed by atoms with E-state index in [4.69, 9.17) is 9.47 Å². The third kappa shape index (κ3) is 3.90. The molecule has 1 N–H and O–H groups in total. The van der Waals surface area contributed by atoms with Crippen LogP contribution in [0.5, 0.6) is 0 Å². The molecule has 1 aliphatic carbocycles. The second-order valence-corrected chi connectivity index (χ2v) is 7.62. The Morgan fingerprint density at radius 1 is 1.24 bits per heavy atom. The predicted octanol–water partition coefficient (Wildman–Crippen LogP) is 2.54. The monoisotopic (exact) mass is 347 g/mol. The summed E-state index contributed by atoms with van der Waals surface area (Å²) in [4.78, 5) is 14.5. The number of H-pyrrole nitrogens is 1. The number of ether oxygens (including phenoxy) is 2. The Labute approximate surface area is 149 Å². The first kappa shape index (κ1) is 17.0. The molecule has 1 atom stereocenters. The van der Waals surface area contributed by atoms with Gasteiger partial charge < -0.3 is 14.4 Å². The van der Waals surface area contributed by atoms with E-state index < -0.39 is 0 Å². The van der Waals surface area contributed by atoms with Crippen LogP contribution in [-0.4, -0.2) is 53.5 Å². The van der Waals surface area contributed by atoms with Crippen molar-refractivity contribution in [1.82, 2.24) is 15.1 Å². The number of amides is 1. The highest BCUT2D eigenvalue weighted by Gasteiger charge is 2.29. The van der Waals surface area contributed by atoms with Crippen LogP contribution in [0.25, 0.3) is 0 Å². The normalized spacial score (nSPS) is 24.5. The Bertz CT molecular complexity index is 589. The average molecular weight is 347 g/mol. The van der Waals surface area contributed by atoms with E-state index in [1.165, 1.54) is 49.1 Å². The smallest absolute Gasteiger partial charge is 0.248 e. The van der Waals surface area contributed by atoms with E-state index in [1.807, 2.05) is 4.90 Å². The van der Waals surface area contributed by atoms with Gasteiger partial charge in [0.2, 0.25) is 5.91 Å². The molecule has 1 amide bonds. The molecule has 2 fully saturated rings. The third-order valence-electron chi connectivity index (χ3n) is 5.86. The Balaban J connectivity index is 1.30. The van der Waals surface area contributed by atoms with Crippen molar-refractivity contribution in [2.75, 3.05) is 26.4 Å². The Kier molecular flexibility index (Phi) is 5.36.